The Labute approximate surface area is 150 Å². The monoisotopic (exact) mass is 347 g/mol. The highest BCUT2D eigenvalue weighted by molar-refractivity contribution is 6.38. The standard InChI is InChI=1S/C21H17NO4/c23-14-18(20(24)21(25)26)19-11-6-12-22(19)13-16-9-4-5-10-17(16)15-7-2-1-3-8-15/h1-12,14,18H,13H2,(H,25,26). The molecule has 3 rings (SSSR count). The maximum atomic E-state index is 11.8. The predicted molar refractivity (Wildman–Crippen MR) is 96.9 cm³/mol. The minimum absolute atomic E-state index is 0.371. The van der Waals surface area contributed by atoms with E-state index < -0.39 is 17.7 Å². The number of aliphatic carboxylic acids is 1. The molecule has 0 bridgehead atoms. The van der Waals surface area contributed by atoms with Crippen LogP contribution in [0.15, 0.2) is 72.9 Å². The third kappa shape index (κ3) is 3.47. The van der Waals surface area contributed by atoms with E-state index in [1.807, 2.05) is 54.6 Å². The lowest BCUT2D eigenvalue weighted by molar-refractivity contribution is -0.150. The van der Waals surface area contributed by atoms with Crippen LogP contribution in [0.3, 0.4) is 0 Å². The molecule has 1 N–H and O–H groups in total. The minimum atomic E-state index is -1.61. The fourth-order valence-corrected chi connectivity index (χ4v) is 2.99. The highest BCUT2D eigenvalue weighted by atomic mass is 16.4. The Morgan fingerprint density at radius 3 is 2.35 bits per heavy atom. The fourth-order valence-electron chi connectivity index (χ4n) is 2.99. The van der Waals surface area contributed by atoms with Crippen LogP contribution in [0.4, 0.5) is 0 Å². The Kier molecular flexibility index (Phi) is 5.08. The highest BCUT2D eigenvalue weighted by Gasteiger charge is 2.28. The number of Topliss-reactive ketones (excluding diaryl/α,β-unsaturated/α-hetero) is 1. The van der Waals surface area contributed by atoms with Crippen molar-refractivity contribution in [3.8, 4) is 11.1 Å². The maximum Gasteiger partial charge on any atom is 0.373 e. The first-order valence-electron chi connectivity index (χ1n) is 8.12. The third-order valence-corrected chi connectivity index (χ3v) is 4.26. The molecule has 2 aromatic carbocycles. The van der Waals surface area contributed by atoms with Gasteiger partial charge in [-0.1, -0.05) is 54.6 Å². The van der Waals surface area contributed by atoms with Crippen molar-refractivity contribution in [2.45, 2.75) is 12.5 Å². The van der Waals surface area contributed by atoms with E-state index in [0.29, 0.717) is 18.5 Å². The van der Waals surface area contributed by atoms with Gasteiger partial charge < -0.3 is 14.5 Å². The second-order valence-electron chi connectivity index (χ2n) is 5.87. The van der Waals surface area contributed by atoms with Gasteiger partial charge in [-0.15, -0.1) is 0 Å². The molecule has 5 nitrogen and oxygen atoms in total. The van der Waals surface area contributed by atoms with Gasteiger partial charge in [0.1, 0.15) is 12.2 Å². The Morgan fingerprint density at radius 1 is 0.962 bits per heavy atom. The molecule has 0 aliphatic heterocycles. The predicted octanol–water partition coefficient (Wildman–Crippen LogP) is 3.14. The molecule has 3 aromatic rings. The number of aldehydes is 1. The maximum absolute atomic E-state index is 11.8. The van der Waals surface area contributed by atoms with E-state index in [2.05, 4.69) is 0 Å². The van der Waals surface area contributed by atoms with E-state index in [9.17, 15) is 14.4 Å². The molecule has 1 atom stereocenters. The Hall–Kier alpha value is -3.47. The molecular weight excluding hydrogens is 330 g/mol. The molecule has 0 aliphatic carbocycles. The van der Waals surface area contributed by atoms with Crippen LogP contribution >= 0.6 is 0 Å². The normalized spacial score (nSPS) is 11.7. The van der Waals surface area contributed by atoms with Gasteiger partial charge in [0.2, 0.25) is 0 Å². The smallest absolute Gasteiger partial charge is 0.373 e. The number of nitrogens with zero attached hydrogens (tertiary/aromatic N) is 1. The average molecular weight is 347 g/mol. The van der Waals surface area contributed by atoms with Crippen LogP contribution in [0.5, 0.6) is 0 Å². The number of rotatable bonds is 7. The molecule has 5 heteroatoms. The van der Waals surface area contributed by atoms with Gasteiger partial charge in [-0.25, -0.2) is 4.79 Å². The molecule has 0 aliphatic rings. The van der Waals surface area contributed by atoms with Gasteiger partial charge in [0.15, 0.2) is 0 Å². The quantitative estimate of drug-likeness (QED) is 0.405. The molecule has 1 aromatic heterocycles. The first kappa shape index (κ1) is 17.4. The van der Waals surface area contributed by atoms with Crippen LogP contribution in [0, 0.1) is 0 Å². The van der Waals surface area contributed by atoms with Gasteiger partial charge in [0.05, 0.1) is 0 Å². The number of carbonyl (C=O) groups excluding carboxylic acids is 2. The van der Waals surface area contributed by atoms with Crippen molar-refractivity contribution in [2.75, 3.05) is 0 Å². The SMILES string of the molecule is O=CC(C(=O)C(=O)O)c1cccn1Cc1ccccc1-c1ccccc1. The second-order valence-corrected chi connectivity index (χ2v) is 5.87. The Morgan fingerprint density at radius 2 is 1.65 bits per heavy atom. The zero-order chi connectivity index (χ0) is 18.5. The fraction of sp³-hybridized carbons (Fsp3) is 0.0952. The number of ketones is 1. The van der Waals surface area contributed by atoms with E-state index in [4.69, 9.17) is 5.11 Å². The topological polar surface area (TPSA) is 76.4 Å². The van der Waals surface area contributed by atoms with E-state index in [0.717, 1.165) is 16.7 Å². The van der Waals surface area contributed by atoms with Crippen LogP contribution in [-0.2, 0) is 20.9 Å². The van der Waals surface area contributed by atoms with Crippen molar-refractivity contribution in [3.05, 3.63) is 84.2 Å². The molecule has 130 valence electrons. The molecule has 0 saturated carbocycles. The number of hydrogen-bond donors (Lipinski definition) is 1. The van der Waals surface area contributed by atoms with Crippen LogP contribution in [0.2, 0.25) is 0 Å². The van der Waals surface area contributed by atoms with Crippen molar-refractivity contribution in [2.24, 2.45) is 0 Å². The molecule has 1 unspecified atom stereocenters. The van der Waals surface area contributed by atoms with Gasteiger partial charge in [0.25, 0.3) is 5.78 Å². The zero-order valence-corrected chi connectivity index (χ0v) is 13.9. The van der Waals surface area contributed by atoms with E-state index in [-0.39, 0.29) is 0 Å². The zero-order valence-electron chi connectivity index (χ0n) is 13.9. The minimum Gasteiger partial charge on any atom is -0.475 e. The van der Waals surface area contributed by atoms with Crippen molar-refractivity contribution in [1.29, 1.82) is 0 Å². The summed E-state index contributed by atoms with van der Waals surface area (Å²) in [7, 11) is 0. The number of carboxylic acids is 1. The number of hydrogen-bond acceptors (Lipinski definition) is 3. The molecule has 0 spiro atoms. The van der Waals surface area contributed by atoms with Crippen LogP contribution in [0.1, 0.15) is 17.2 Å². The summed E-state index contributed by atoms with van der Waals surface area (Å²) >= 11 is 0. The van der Waals surface area contributed by atoms with Gasteiger partial charge >= 0.3 is 5.97 Å². The van der Waals surface area contributed by atoms with Gasteiger partial charge in [-0.2, -0.15) is 0 Å². The number of carbonyl (C=O) groups is 3. The van der Waals surface area contributed by atoms with E-state index in [1.165, 1.54) is 0 Å². The summed E-state index contributed by atoms with van der Waals surface area (Å²) in [6.45, 7) is 0.421. The largest absolute Gasteiger partial charge is 0.475 e. The summed E-state index contributed by atoms with van der Waals surface area (Å²) in [5.41, 5.74) is 3.48. The lowest BCUT2D eigenvalue weighted by Crippen LogP contribution is -2.25. The van der Waals surface area contributed by atoms with Gasteiger partial charge in [-0.05, 0) is 28.8 Å². The summed E-state index contributed by atoms with van der Waals surface area (Å²) in [6, 6.07) is 21.0. The van der Waals surface area contributed by atoms with Crippen molar-refractivity contribution >= 4 is 18.0 Å². The first-order valence-corrected chi connectivity index (χ1v) is 8.12. The first-order chi connectivity index (χ1) is 12.6. The van der Waals surface area contributed by atoms with E-state index in [1.54, 1.807) is 22.9 Å². The lowest BCUT2D eigenvalue weighted by Gasteiger charge is -2.15. The lowest BCUT2D eigenvalue weighted by atomic mass is 9.98. The number of carboxylic acid groups (broad SMARTS) is 1. The summed E-state index contributed by atoms with van der Waals surface area (Å²) < 4.78 is 1.74. The van der Waals surface area contributed by atoms with Crippen LogP contribution in [-0.4, -0.2) is 27.7 Å². The summed E-state index contributed by atoms with van der Waals surface area (Å²) in [4.78, 5) is 34.2. The van der Waals surface area contributed by atoms with Gasteiger partial charge in [-0.3, -0.25) is 4.79 Å². The van der Waals surface area contributed by atoms with Crippen molar-refractivity contribution in [1.82, 2.24) is 4.57 Å². The molecule has 0 amide bonds. The van der Waals surface area contributed by atoms with E-state index >= 15 is 0 Å². The molecule has 1 heterocycles. The second kappa shape index (κ2) is 7.61. The highest BCUT2D eigenvalue weighted by Crippen LogP contribution is 2.25. The summed E-state index contributed by atoms with van der Waals surface area (Å²) in [6.07, 6.45) is 2.12. The average Bonchev–Trinajstić information content (AvgIpc) is 3.11. The molecule has 0 fully saturated rings. The number of aromatic nitrogens is 1. The third-order valence-electron chi connectivity index (χ3n) is 4.26. The summed E-state index contributed by atoms with van der Waals surface area (Å²) in [5, 5.41) is 8.94. The summed E-state index contributed by atoms with van der Waals surface area (Å²) in [5.74, 6) is -4.05. The van der Waals surface area contributed by atoms with Crippen molar-refractivity contribution in [3.63, 3.8) is 0 Å². The van der Waals surface area contributed by atoms with Crippen LogP contribution in [0.25, 0.3) is 11.1 Å². The van der Waals surface area contributed by atoms with Gasteiger partial charge in [0, 0.05) is 18.4 Å². The van der Waals surface area contributed by atoms with Crippen LogP contribution < -0.4 is 0 Å². The molecule has 0 saturated heterocycles. The van der Waals surface area contributed by atoms with Crippen molar-refractivity contribution < 1.29 is 19.5 Å². The molecule has 0 radical (unpaired) electrons. The number of benzene rings is 2. The molecule has 26 heavy (non-hydrogen) atoms. The Balaban J connectivity index is 1.97. The molecular formula is C21H17NO4. The Bertz CT molecular complexity index is 943.